The highest BCUT2D eigenvalue weighted by molar-refractivity contribution is 6.00. The first kappa shape index (κ1) is 16.4. The fourth-order valence-electron chi connectivity index (χ4n) is 1.76. The Bertz CT molecular complexity index is 676. The van der Waals surface area contributed by atoms with Crippen LogP contribution in [0.25, 0.3) is 0 Å². The predicted octanol–water partition coefficient (Wildman–Crippen LogP) is 2.70. The normalized spacial score (nSPS) is 11.4. The Morgan fingerprint density at radius 2 is 1.70 bits per heavy atom. The molecule has 0 spiro atoms. The van der Waals surface area contributed by atoms with Gasteiger partial charge in [0.05, 0.1) is 11.9 Å². The van der Waals surface area contributed by atoms with E-state index in [0.717, 1.165) is 0 Å². The lowest BCUT2D eigenvalue weighted by molar-refractivity contribution is -0.124. The molecule has 2 aromatic rings. The van der Waals surface area contributed by atoms with Crippen LogP contribution in [0.2, 0.25) is 0 Å². The standard InChI is InChI=1S/C16H18N4O3/c1-11(23-2)15(21)18-12-5-3-6-13(9-12)19-16(22)20-14-7-4-8-17-10-14/h3-11H,1-2H3,(H,18,21)(H2,19,20,22)/t11-/m0/s1. The van der Waals surface area contributed by atoms with E-state index in [4.69, 9.17) is 4.74 Å². The first-order valence-electron chi connectivity index (χ1n) is 7.00. The van der Waals surface area contributed by atoms with E-state index in [0.29, 0.717) is 17.1 Å². The Labute approximate surface area is 134 Å². The molecule has 3 N–H and O–H groups in total. The number of hydrogen-bond acceptors (Lipinski definition) is 4. The smallest absolute Gasteiger partial charge is 0.323 e. The van der Waals surface area contributed by atoms with Gasteiger partial charge in [0.1, 0.15) is 6.10 Å². The Balaban J connectivity index is 1.97. The highest BCUT2D eigenvalue weighted by Crippen LogP contribution is 2.16. The van der Waals surface area contributed by atoms with Crippen molar-refractivity contribution in [1.82, 2.24) is 4.98 Å². The molecule has 1 aromatic heterocycles. The lowest BCUT2D eigenvalue weighted by atomic mass is 10.2. The van der Waals surface area contributed by atoms with Gasteiger partial charge >= 0.3 is 6.03 Å². The molecule has 2 rings (SSSR count). The fraction of sp³-hybridized carbons (Fsp3) is 0.188. The van der Waals surface area contributed by atoms with Crippen LogP contribution in [0.5, 0.6) is 0 Å². The molecule has 0 fully saturated rings. The average Bonchev–Trinajstić information content (AvgIpc) is 2.55. The predicted molar refractivity (Wildman–Crippen MR) is 88.4 cm³/mol. The average molecular weight is 314 g/mol. The topological polar surface area (TPSA) is 92.4 Å². The van der Waals surface area contributed by atoms with Crippen molar-refractivity contribution in [2.75, 3.05) is 23.1 Å². The van der Waals surface area contributed by atoms with Gasteiger partial charge in [0.15, 0.2) is 0 Å². The number of hydrogen-bond donors (Lipinski definition) is 3. The number of carbonyl (C=O) groups excluding carboxylic acids is 2. The molecule has 0 bridgehead atoms. The maximum Gasteiger partial charge on any atom is 0.323 e. The van der Waals surface area contributed by atoms with Crippen LogP contribution < -0.4 is 16.0 Å². The second-order valence-corrected chi connectivity index (χ2v) is 4.77. The van der Waals surface area contributed by atoms with Gasteiger partial charge in [-0.25, -0.2) is 4.79 Å². The zero-order valence-corrected chi connectivity index (χ0v) is 12.9. The molecular weight excluding hydrogens is 296 g/mol. The van der Waals surface area contributed by atoms with Crippen molar-refractivity contribution in [3.8, 4) is 0 Å². The van der Waals surface area contributed by atoms with Gasteiger partial charge in [0.25, 0.3) is 5.91 Å². The second-order valence-electron chi connectivity index (χ2n) is 4.77. The molecule has 0 radical (unpaired) electrons. The summed E-state index contributed by atoms with van der Waals surface area (Å²) in [5, 5.41) is 8.06. The third kappa shape index (κ3) is 5.08. The summed E-state index contributed by atoms with van der Waals surface area (Å²) in [6.07, 6.45) is 2.61. The maximum atomic E-state index is 11.9. The monoisotopic (exact) mass is 314 g/mol. The quantitative estimate of drug-likeness (QED) is 0.791. The highest BCUT2D eigenvalue weighted by Gasteiger charge is 2.11. The molecule has 1 heterocycles. The van der Waals surface area contributed by atoms with Crippen LogP contribution in [0.15, 0.2) is 48.8 Å². The van der Waals surface area contributed by atoms with Crippen molar-refractivity contribution in [1.29, 1.82) is 0 Å². The van der Waals surface area contributed by atoms with Crippen molar-refractivity contribution < 1.29 is 14.3 Å². The molecule has 7 nitrogen and oxygen atoms in total. The summed E-state index contributed by atoms with van der Waals surface area (Å²) in [7, 11) is 1.46. The molecule has 0 aliphatic heterocycles. The number of pyridine rings is 1. The number of anilines is 3. The van der Waals surface area contributed by atoms with Crippen LogP contribution >= 0.6 is 0 Å². The summed E-state index contributed by atoms with van der Waals surface area (Å²) in [5.41, 5.74) is 1.70. The number of benzene rings is 1. The summed E-state index contributed by atoms with van der Waals surface area (Å²) in [5.74, 6) is -0.260. The molecule has 1 aromatic carbocycles. The number of nitrogens with one attached hydrogen (secondary N) is 3. The van der Waals surface area contributed by atoms with Crippen LogP contribution in [-0.2, 0) is 9.53 Å². The van der Waals surface area contributed by atoms with E-state index < -0.39 is 12.1 Å². The maximum absolute atomic E-state index is 11.9. The van der Waals surface area contributed by atoms with Crippen molar-refractivity contribution in [2.24, 2.45) is 0 Å². The summed E-state index contributed by atoms with van der Waals surface area (Å²) >= 11 is 0. The van der Waals surface area contributed by atoms with Gasteiger partial charge in [-0.2, -0.15) is 0 Å². The largest absolute Gasteiger partial charge is 0.372 e. The molecular formula is C16H18N4O3. The molecule has 1 atom stereocenters. The number of amides is 3. The molecule has 3 amide bonds. The number of nitrogens with zero attached hydrogens (tertiary/aromatic N) is 1. The Morgan fingerprint density at radius 1 is 1.04 bits per heavy atom. The van der Waals surface area contributed by atoms with Gasteiger partial charge < -0.3 is 20.7 Å². The summed E-state index contributed by atoms with van der Waals surface area (Å²) in [6, 6.07) is 9.89. The van der Waals surface area contributed by atoms with Gasteiger partial charge in [-0.05, 0) is 37.3 Å². The number of aromatic nitrogens is 1. The molecule has 0 saturated heterocycles. The van der Waals surface area contributed by atoms with Gasteiger partial charge in [-0.3, -0.25) is 9.78 Å². The zero-order chi connectivity index (χ0) is 16.7. The van der Waals surface area contributed by atoms with E-state index in [2.05, 4.69) is 20.9 Å². The molecule has 0 saturated carbocycles. The van der Waals surface area contributed by atoms with Crippen LogP contribution in [0.4, 0.5) is 21.9 Å². The number of rotatable bonds is 5. The molecule has 0 aliphatic rings. The minimum atomic E-state index is -0.555. The molecule has 120 valence electrons. The van der Waals surface area contributed by atoms with E-state index in [1.807, 2.05) is 0 Å². The first-order chi connectivity index (χ1) is 11.1. The first-order valence-corrected chi connectivity index (χ1v) is 7.00. The second kappa shape index (κ2) is 7.90. The van der Waals surface area contributed by atoms with Crippen LogP contribution in [0, 0.1) is 0 Å². The van der Waals surface area contributed by atoms with Crippen LogP contribution in [0.1, 0.15) is 6.92 Å². The third-order valence-electron chi connectivity index (χ3n) is 3.03. The molecule has 0 unspecified atom stereocenters. The number of ether oxygens (including phenoxy) is 1. The lowest BCUT2D eigenvalue weighted by Gasteiger charge is -2.12. The van der Waals surface area contributed by atoms with Gasteiger partial charge in [-0.15, -0.1) is 0 Å². The van der Waals surface area contributed by atoms with Crippen molar-refractivity contribution >= 4 is 29.0 Å². The molecule has 23 heavy (non-hydrogen) atoms. The Kier molecular flexibility index (Phi) is 5.65. The number of urea groups is 1. The number of methoxy groups -OCH3 is 1. The van der Waals surface area contributed by atoms with Crippen molar-refractivity contribution in [3.05, 3.63) is 48.8 Å². The van der Waals surface area contributed by atoms with E-state index in [1.165, 1.54) is 7.11 Å². The molecule has 0 aliphatic carbocycles. The van der Waals surface area contributed by atoms with Gasteiger partial charge in [0.2, 0.25) is 0 Å². The van der Waals surface area contributed by atoms with Crippen molar-refractivity contribution in [2.45, 2.75) is 13.0 Å². The van der Waals surface area contributed by atoms with E-state index >= 15 is 0 Å². The van der Waals surface area contributed by atoms with Gasteiger partial charge in [0, 0.05) is 24.7 Å². The van der Waals surface area contributed by atoms with Crippen molar-refractivity contribution in [3.63, 3.8) is 0 Å². The summed E-state index contributed by atoms with van der Waals surface area (Å²) in [4.78, 5) is 27.6. The SMILES string of the molecule is CO[C@@H](C)C(=O)Nc1cccc(NC(=O)Nc2cccnc2)c1. The Morgan fingerprint density at radius 3 is 2.35 bits per heavy atom. The van der Waals surface area contributed by atoms with E-state index in [-0.39, 0.29) is 5.91 Å². The van der Waals surface area contributed by atoms with E-state index in [9.17, 15) is 9.59 Å². The molecule has 7 heteroatoms. The van der Waals surface area contributed by atoms with Crippen LogP contribution in [-0.4, -0.2) is 30.1 Å². The zero-order valence-electron chi connectivity index (χ0n) is 12.9. The summed E-state index contributed by atoms with van der Waals surface area (Å²) < 4.78 is 4.95. The van der Waals surface area contributed by atoms with E-state index in [1.54, 1.807) is 55.7 Å². The fourth-order valence-corrected chi connectivity index (χ4v) is 1.76. The number of carbonyl (C=O) groups is 2. The highest BCUT2D eigenvalue weighted by atomic mass is 16.5. The minimum Gasteiger partial charge on any atom is -0.372 e. The lowest BCUT2D eigenvalue weighted by Crippen LogP contribution is -2.26. The minimum absolute atomic E-state index is 0.260. The van der Waals surface area contributed by atoms with Gasteiger partial charge in [-0.1, -0.05) is 6.07 Å². The summed E-state index contributed by atoms with van der Waals surface area (Å²) in [6.45, 7) is 1.65. The Hall–Kier alpha value is -2.93. The van der Waals surface area contributed by atoms with Crippen LogP contribution in [0.3, 0.4) is 0 Å². The third-order valence-corrected chi connectivity index (χ3v) is 3.03.